The van der Waals surface area contributed by atoms with Crippen LogP contribution < -0.4 is 5.32 Å². The van der Waals surface area contributed by atoms with E-state index in [1.165, 1.54) is 11.1 Å². The van der Waals surface area contributed by atoms with Crippen molar-refractivity contribution in [2.24, 2.45) is 5.92 Å². The van der Waals surface area contributed by atoms with Crippen molar-refractivity contribution in [2.75, 3.05) is 33.2 Å². The van der Waals surface area contributed by atoms with E-state index >= 15 is 0 Å². The molecule has 1 N–H and O–H groups in total. The Hall–Kier alpha value is -0.860. The Labute approximate surface area is 112 Å². The largest absolute Gasteiger partial charge is 0.315 e. The maximum atomic E-state index is 3.48. The molecule has 0 saturated carbocycles. The number of likely N-dealkylation sites (N-methyl/N-ethyl adjacent to an activating group) is 1. The highest BCUT2D eigenvalue weighted by atomic mass is 15.1. The molecule has 0 aliphatic carbocycles. The van der Waals surface area contributed by atoms with Crippen LogP contribution in [0.3, 0.4) is 0 Å². The number of hydrogen-bond donors (Lipinski definition) is 1. The van der Waals surface area contributed by atoms with Crippen molar-refractivity contribution in [2.45, 2.75) is 27.2 Å². The van der Waals surface area contributed by atoms with Crippen LogP contribution in [-0.4, -0.2) is 38.1 Å². The molecular formula is C16H28N2. The normalized spacial score (nSPS) is 11.4. The minimum Gasteiger partial charge on any atom is -0.315 e. The molecule has 1 rings (SSSR count). The molecule has 0 saturated heterocycles. The van der Waals surface area contributed by atoms with Crippen LogP contribution >= 0.6 is 0 Å². The van der Waals surface area contributed by atoms with Crippen LogP contribution in [0.15, 0.2) is 24.3 Å². The molecule has 0 aliphatic heterocycles. The molecule has 0 atom stereocenters. The molecule has 0 amide bonds. The molecule has 0 bridgehead atoms. The predicted octanol–water partition coefficient (Wildman–Crippen LogP) is 2.71. The first-order valence-electron chi connectivity index (χ1n) is 7.02. The summed E-state index contributed by atoms with van der Waals surface area (Å²) < 4.78 is 0. The van der Waals surface area contributed by atoms with Gasteiger partial charge in [-0.05, 0) is 38.4 Å². The second kappa shape index (κ2) is 8.28. The molecule has 0 aliphatic rings. The van der Waals surface area contributed by atoms with Crippen LogP contribution in [0.1, 0.15) is 25.0 Å². The van der Waals surface area contributed by atoms with E-state index in [-0.39, 0.29) is 0 Å². The monoisotopic (exact) mass is 248 g/mol. The first-order chi connectivity index (χ1) is 8.58. The molecule has 2 heteroatoms. The van der Waals surface area contributed by atoms with Gasteiger partial charge in [-0.2, -0.15) is 0 Å². The highest BCUT2D eigenvalue weighted by Crippen LogP contribution is 2.05. The molecule has 1 aromatic carbocycles. The molecule has 0 radical (unpaired) electrons. The first kappa shape index (κ1) is 15.2. The molecule has 2 nitrogen and oxygen atoms in total. The Morgan fingerprint density at radius 3 is 2.67 bits per heavy atom. The highest BCUT2D eigenvalue weighted by molar-refractivity contribution is 5.22. The van der Waals surface area contributed by atoms with Gasteiger partial charge in [0, 0.05) is 19.6 Å². The van der Waals surface area contributed by atoms with Crippen molar-refractivity contribution in [3.05, 3.63) is 35.4 Å². The van der Waals surface area contributed by atoms with Gasteiger partial charge in [-0.3, -0.25) is 0 Å². The molecule has 0 spiro atoms. The molecule has 1 aromatic rings. The van der Waals surface area contributed by atoms with Crippen molar-refractivity contribution in [1.29, 1.82) is 0 Å². The Kier molecular flexibility index (Phi) is 6.99. The average molecular weight is 248 g/mol. The third kappa shape index (κ3) is 6.77. The zero-order valence-electron chi connectivity index (χ0n) is 12.4. The fourth-order valence-corrected chi connectivity index (χ4v) is 1.96. The Morgan fingerprint density at radius 2 is 2.00 bits per heavy atom. The SMILES string of the molecule is Cc1cccc(CCN(C)CCNCC(C)C)c1. The van der Waals surface area contributed by atoms with Crippen LogP contribution in [0.5, 0.6) is 0 Å². The predicted molar refractivity (Wildman–Crippen MR) is 80.1 cm³/mol. The van der Waals surface area contributed by atoms with Gasteiger partial charge < -0.3 is 10.2 Å². The van der Waals surface area contributed by atoms with Crippen LogP contribution in [0, 0.1) is 12.8 Å². The van der Waals surface area contributed by atoms with E-state index in [9.17, 15) is 0 Å². The summed E-state index contributed by atoms with van der Waals surface area (Å²) in [5.74, 6) is 0.739. The standard InChI is InChI=1S/C16H28N2/c1-14(2)13-17-9-11-18(4)10-8-16-7-5-6-15(3)12-16/h5-7,12,14,17H,8-11,13H2,1-4H3. The number of nitrogens with one attached hydrogen (secondary N) is 1. The third-order valence-corrected chi connectivity index (χ3v) is 3.09. The van der Waals surface area contributed by atoms with Gasteiger partial charge in [0.25, 0.3) is 0 Å². The molecular weight excluding hydrogens is 220 g/mol. The Morgan fingerprint density at radius 1 is 1.22 bits per heavy atom. The Bertz CT molecular complexity index is 334. The summed E-state index contributed by atoms with van der Waals surface area (Å²) in [6.07, 6.45) is 1.14. The summed E-state index contributed by atoms with van der Waals surface area (Å²) in [5, 5.41) is 3.48. The fraction of sp³-hybridized carbons (Fsp3) is 0.625. The van der Waals surface area contributed by atoms with Crippen LogP contribution in [0.2, 0.25) is 0 Å². The molecule has 0 heterocycles. The zero-order valence-corrected chi connectivity index (χ0v) is 12.4. The lowest BCUT2D eigenvalue weighted by Crippen LogP contribution is -2.32. The quantitative estimate of drug-likeness (QED) is 0.712. The summed E-state index contributed by atoms with van der Waals surface area (Å²) in [5.41, 5.74) is 2.80. The summed E-state index contributed by atoms with van der Waals surface area (Å²) in [4.78, 5) is 2.40. The topological polar surface area (TPSA) is 15.3 Å². The molecule has 102 valence electrons. The van der Waals surface area contributed by atoms with Crippen molar-refractivity contribution in [1.82, 2.24) is 10.2 Å². The number of rotatable bonds is 8. The van der Waals surface area contributed by atoms with Crippen LogP contribution in [0.4, 0.5) is 0 Å². The van der Waals surface area contributed by atoms with Gasteiger partial charge in [0.1, 0.15) is 0 Å². The average Bonchev–Trinajstić information content (AvgIpc) is 2.32. The number of benzene rings is 1. The lowest BCUT2D eigenvalue weighted by atomic mass is 10.1. The Balaban J connectivity index is 2.15. The van der Waals surface area contributed by atoms with Crippen molar-refractivity contribution in [3.63, 3.8) is 0 Å². The number of aryl methyl sites for hydroxylation is 1. The second-order valence-electron chi connectivity index (χ2n) is 5.64. The zero-order chi connectivity index (χ0) is 13.4. The van der Waals surface area contributed by atoms with Crippen molar-refractivity contribution in [3.8, 4) is 0 Å². The van der Waals surface area contributed by atoms with Gasteiger partial charge in [-0.1, -0.05) is 43.7 Å². The van der Waals surface area contributed by atoms with E-state index in [1.807, 2.05) is 0 Å². The van der Waals surface area contributed by atoms with E-state index in [0.29, 0.717) is 0 Å². The molecule has 18 heavy (non-hydrogen) atoms. The van der Waals surface area contributed by atoms with Crippen molar-refractivity contribution < 1.29 is 0 Å². The lowest BCUT2D eigenvalue weighted by Gasteiger charge is -2.17. The molecule has 0 fully saturated rings. The first-order valence-corrected chi connectivity index (χ1v) is 7.02. The number of hydrogen-bond acceptors (Lipinski definition) is 2. The highest BCUT2D eigenvalue weighted by Gasteiger charge is 2.00. The van der Waals surface area contributed by atoms with E-state index in [0.717, 1.165) is 38.5 Å². The smallest absolute Gasteiger partial charge is 0.0104 e. The minimum atomic E-state index is 0.739. The maximum Gasteiger partial charge on any atom is 0.0104 e. The van der Waals surface area contributed by atoms with Crippen LogP contribution in [0.25, 0.3) is 0 Å². The second-order valence-corrected chi connectivity index (χ2v) is 5.64. The summed E-state index contributed by atoms with van der Waals surface area (Å²) >= 11 is 0. The fourth-order valence-electron chi connectivity index (χ4n) is 1.96. The molecule has 0 unspecified atom stereocenters. The van der Waals surface area contributed by atoms with Gasteiger partial charge in [0.2, 0.25) is 0 Å². The van der Waals surface area contributed by atoms with Gasteiger partial charge in [-0.15, -0.1) is 0 Å². The summed E-state index contributed by atoms with van der Waals surface area (Å²) in [7, 11) is 2.20. The number of nitrogens with zero attached hydrogens (tertiary/aromatic N) is 1. The minimum absolute atomic E-state index is 0.739. The van der Waals surface area contributed by atoms with Gasteiger partial charge in [0.05, 0.1) is 0 Å². The molecule has 0 aromatic heterocycles. The van der Waals surface area contributed by atoms with Gasteiger partial charge in [0.15, 0.2) is 0 Å². The van der Waals surface area contributed by atoms with E-state index in [1.54, 1.807) is 0 Å². The van der Waals surface area contributed by atoms with Gasteiger partial charge >= 0.3 is 0 Å². The van der Waals surface area contributed by atoms with E-state index in [2.05, 4.69) is 62.3 Å². The summed E-state index contributed by atoms with van der Waals surface area (Å²) in [6, 6.07) is 8.81. The van der Waals surface area contributed by atoms with E-state index < -0.39 is 0 Å². The van der Waals surface area contributed by atoms with E-state index in [4.69, 9.17) is 0 Å². The van der Waals surface area contributed by atoms with Crippen molar-refractivity contribution >= 4 is 0 Å². The maximum absolute atomic E-state index is 3.48. The third-order valence-electron chi connectivity index (χ3n) is 3.09. The van der Waals surface area contributed by atoms with Gasteiger partial charge in [-0.25, -0.2) is 0 Å². The lowest BCUT2D eigenvalue weighted by molar-refractivity contribution is 0.332. The van der Waals surface area contributed by atoms with Crippen LogP contribution in [-0.2, 0) is 6.42 Å². The summed E-state index contributed by atoms with van der Waals surface area (Å²) in [6.45, 7) is 11.1.